The molecule has 3 aromatic rings. The molecule has 0 spiro atoms. The van der Waals surface area contributed by atoms with E-state index in [0.29, 0.717) is 24.3 Å². The monoisotopic (exact) mass is 343 g/mol. The summed E-state index contributed by atoms with van der Waals surface area (Å²) in [6, 6.07) is 9.08. The van der Waals surface area contributed by atoms with E-state index < -0.39 is 11.6 Å². The SMILES string of the molecule is CCc1cc(=O)c2cc(F)c(-c3ccc(OC)cc3)c(F)c2n1CC. The van der Waals surface area contributed by atoms with Gasteiger partial charge in [0.1, 0.15) is 11.6 Å². The van der Waals surface area contributed by atoms with Gasteiger partial charge < -0.3 is 9.30 Å². The Morgan fingerprint density at radius 1 is 1.08 bits per heavy atom. The van der Waals surface area contributed by atoms with Crippen LogP contribution in [0.3, 0.4) is 0 Å². The molecule has 0 saturated carbocycles. The van der Waals surface area contributed by atoms with Crippen LogP contribution in [0.15, 0.2) is 41.2 Å². The van der Waals surface area contributed by atoms with Gasteiger partial charge in [-0.3, -0.25) is 4.79 Å². The molecule has 0 N–H and O–H groups in total. The lowest BCUT2D eigenvalue weighted by Gasteiger charge is -2.17. The van der Waals surface area contributed by atoms with Crippen LogP contribution in [0.1, 0.15) is 19.5 Å². The Labute approximate surface area is 144 Å². The number of fused-ring (bicyclic) bond motifs is 1. The van der Waals surface area contributed by atoms with E-state index in [2.05, 4.69) is 0 Å². The molecule has 25 heavy (non-hydrogen) atoms. The van der Waals surface area contributed by atoms with Gasteiger partial charge >= 0.3 is 0 Å². The van der Waals surface area contributed by atoms with E-state index in [1.54, 1.807) is 28.8 Å². The summed E-state index contributed by atoms with van der Waals surface area (Å²) in [5, 5.41) is 0.0614. The summed E-state index contributed by atoms with van der Waals surface area (Å²) in [5.41, 5.74) is 0.778. The molecule has 3 nitrogen and oxygen atoms in total. The number of halogens is 2. The molecule has 0 saturated heterocycles. The fraction of sp³-hybridized carbons (Fsp3) is 0.250. The predicted molar refractivity (Wildman–Crippen MR) is 95.2 cm³/mol. The van der Waals surface area contributed by atoms with E-state index in [-0.39, 0.29) is 21.9 Å². The molecule has 0 bridgehead atoms. The molecule has 5 heteroatoms. The van der Waals surface area contributed by atoms with Crippen LogP contribution in [0, 0.1) is 11.6 Å². The Morgan fingerprint density at radius 3 is 2.32 bits per heavy atom. The average Bonchev–Trinajstić information content (AvgIpc) is 2.62. The third-order valence-electron chi connectivity index (χ3n) is 4.43. The molecular formula is C20H19F2NO2. The van der Waals surface area contributed by atoms with E-state index in [9.17, 15) is 9.18 Å². The number of aromatic nitrogens is 1. The lowest BCUT2D eigenvalue weighted by atomic mass is 10.0. The van der Waals surface area contributed by atoms with Gasteiger partial charge in [-0.25, -0.2) is 8.78 Å². The van der Waals surface area contributed by atoms with Crippen LogP contribution in [0.5, 0.6) is 5.75 Å². The van der Waals surface area contributed by atoms with E-state index in [1.165, 1.54) is 13.2 Å². The lowest BCUT2D eigenvalue weighted by Crippen LogP contribution is -2.15. The number of methoxy groups -OCH3 is 1. The van der Waals surface area contributed by atoms with E-state index in [0.717, 1.165) is 11.8 Å². The van der Waals surface area contributed by atoms with Crippen LogP contribution in [0.25, 0.3) is 22.0 Å². The fourth-order valence-electron chi connectivity index (χ4n) is 3.19. The largest absolute Gasteiger partial charge is 0.497 e. The first-order chi connectivity index (χ1) is 12.0. The molecule has 3 rings (SSSR count). The number of ether oxygens (including phenoxy) is 1. The van der Waals surface area contributed by atoms with Crippen LogP contribution in [-0.4, -0.2) is 11.7 Å². The molecule has 1 heterocycles. The zero-order valence-electron chi connectivity index (χ0n) is 14.4. The van der Waals surface area contributed by atoms with Crippen molar-refractivity contribution in [3.05, 3.63) is 63.9 Å². The van der Waals surface area contributed by atoms with Crippen molar-refractivity contribution in [3.8, 4) is 16.9 Å². The Hall–Kier alpha value is -2.69. The minimum absolute atomic E-state index is 0.0614. The molecule has 2 aromatic carbocycles. The van der Waals surface area contributed by atoms with Crippen LogP contribution in [0.2, 0.25) is 0 Å². The highest BCUT2D eigenvalue weighted by molar-refractivity contribution is 5.86. The molecule has 0 aliphatic rings. The van der Waals surface area contributed by atoms with Crippen LogP contribution in [-0.2, 0) is 13.0 Å². The summed E-state index contributed by atoms with van der Waals surface area (Å²) in [6.45, 7) is 4.27. The number of rotatable bonds is 4. The highest BCUT2D eigenvalue weighted by atomic mass is 19.1. The van der Waals surface area contributed by atoms with Crippen LogP contribution < -0.4 is 10.2 Å². The number of benzene rings is 2. The Kier molecular flexibility index (Phi) is 4.57. The molecule has 0 amide bonds. The second-order valence-electron chi connectivity index (χ2n) is 5.77. The van der Waals surface area contributed by atoms with Crippen molar-refractivity contribution in [2.75, 3.05) is 7.11 Å². The minimum Gasteiger partial charge on any atom is -0.497 e. The van der Waals surface area contributed by atoms with Crippen molar-refractivity contribution in [2.45, 2.75) is 26.8 Å². The Balaban J connectivity index is 2.39. The Morgan fingerprint density at radius 2 is 1.76 bits per heavy atom. The molecule has 0 radical (unpaired) electrons. The average molecular weight is 343 g/mol. The maximum absolute atomic E-state index is 15.3. The van der Waals surface area contributed by atoms with E-state index >= 15 is 4.39 Å². The van der Waals surface area contributed by atoms with E-state index in [4.69, 9.17) is 4.74 Å². The maximum atomic E-state index is 15.3. The summed E-state index contributed by atoms with van der Waals surface area (Å²) < 4.78 is 36.8. The van der Waals surface area contributed by atoms with Crippen molar-refractivity contribution >= 4 is 10.9 Å². The summed E-state index contributed by atoms with van der Waals surface area (Å²) in [5.74, 6) is -0.863. The van der Waals surface area contributed by atoms with Gasteiger partial charge in [0.2, 0.25) is 0 Å². The normalized spacial score (nSPS) is 11.1. The highest BCUT2D eigenvalue weighted by Crippen LogP contribution is 2.32. The summed E-state index contributed by atoms with van der Waals surface area (Å²) in [7, 11) is 1.53. The van der Waals surface area contributed by atoms with Gasteiger partial charge in [-0.1, -0.05) is 19.1 Å². The lowest BCUT2D eigenvalue weighted by molar-refractivity contribution is 0.415. The first-order valence-electron chi connectivity index (χ1n) is 8.20. The first-order valence-corrected chi connectivity index (χ1v) is 8.20. The van der Waals surface area contributed by atoms with Crippen molar-refractivity contribution in [1.82, 2.24) is 4.57 Å². The zero-order valence-corrected chi connectivity index (χ0v) is 14.4. The van der Waals surface area contributed by atoms with Gasteiger partial charge in [0.05, 0.1) is 23.6 Å². The zero-order chi connectivity index (χ0) is 18.1. The van der Waals surface area contributed by atoms with Crippen molar-refractivity contribution < 1.29 is 13.5 Å². The summed E-state index contributed by atoms with van der Waals surface area (Å²) in [4.78, 5) is 12.3. The topological polar surface area (TPSA) is 31.2 Å². The van der Waals surface area contributed by atoms with Gasteiger partial charge in [0.15, 0.2) is 11.2 Å². The van der Waals surface area contributed by atoms with Gasteiger partial charge in [-0.15, -0.1) is 0 Å². The minimum atomic E-state index is -0.751. The quantitative estimate of drug-likeness (QED) is 0.696. The number of aryl methyl sites for hydroxylation is 2. The van der Waals surface area contributed by atoms with Gasteiger partial charge in [0, 0.05) is 18.3 Å². The Bertz CT molecular complexity index is 991. The molecule has 0 aliphatic heterocycles. The van der Waals surface area contributed by atoms with Crippen molar-refractivity contribution in [1.29, 1.82) is 0 Å². The second kappa shape index (κ2) is 6.67. The molecule has 0 unspecified atom stereocenters. The van der Waals surface area contributed by atoms with Crippen LogP contribution in [0.4, 0.5) is 8.78 Å². The third kappa shape index (κ3) is 2.80. The highest BCUT2D eigenvalue weighted by Gasteiger charge is 2.20. The molecule has 0 aliphatic carbocycles. The fourth-order valence-corrected chi connectivity index (χ4v) is 3.19. The number of hydrogen-bond donors (Lipinski definition) is 0. The summed E-state index contributed by atoms with van der Waals surface area (Å²) in [6.07, 6.45) is 0.591. The van der Waals surface area contributed by atoms with Crippen molar-refractivity contribution in [3.63, 3.8) is 0 Å². The van der Waals surface area contributed by atoms with Crippen LogP contribution >= 0.6 is 0 Å². The summed E-state index contributed by atoms with van der Waals surface area (Å²) >= 11 is 0. The smallest absolute Gasteiger partial charge is 0.189 e. The molecular weight excluding hydrogens is 324 g/mol. The van der Waals surface area contributed by atoms with Gasteiger partial charge in [-0.05, 0) is 37.1 Å². The number of nitrogens with zero attached hydrogens (tertiary/aromatic N) is 1. The molecule has 130 valence electrons. The van der Waals surface area contributed by atoms with Gasteiger partial charge in [0.25, 0.3) is 0 Å². The van der Waals surface area contributed by atoms with Gasteiger partial charge in [-0.2, -0.15) is 0 Å². The van der Waals surface area contributed by atoms with Crippen molar-refractivity contribution in [2.24, 2.45) is 0 Å². The van der Waals surface area contributed by atoms with E-state index in [1.807, 2.05) is 13.8 Å². The molecule has 0 atom stereocenters. The maximum Gasteiger partial charge on any atom is 0.189 e. The standard InChI is InChI=1S/C20H19F2NO2/c1-4-13-10-17(24)15-11-16(21)18(19(22)20(15)23(13)5-2)12-6-8-14(25-3)9-7-12/h6-11H,4-5H2,1-3H3. The second-order valence-corrected chi connectivity index (χ2v) is 5.77. The third-order valence-corrected chi connectivity index (χ3v) is 4.43. The molecule has 0 fully saturated rings. The number of pyridine rings is 1. The predicted octanol–water partition coefficient (Wildman–Crippen LogP) is 4.54. The first kappa shape index (κ1) is 17.1. The number of hydrogen-bond acceptors (Lipinski definition) is 2. The molecule has 1 aromatic heterocycles.